The molecule has 1 amide bonds. The van der Waals surface area contributed by atoms with Gasteiger partial charge >= 0.3 is 0 Å². The molecule has 1 saturated heterocycles. The number of hydrogen-bond acceptors (Lipinski definition) is 4. The molecule has 1 aromatic rings. The van der Waals surface area contributed by atoms with E-state index in [0.29, 0.717) is 29.5 Å². The third kappa shape index (κ3) is 3.24. The van der Waals surface area contributed by atoms with Gasteiger partial charge in [-0.25, -0.2) is 0 Å². The molecule has 4 rings (SSSR count). The van der Waals surface area contributed by atoms with Crippen LogP contribution < -0.4 is 0 Å². The number of carbonyl (C=O) groups is 1. The summed E-state index contributed by atoms with van der Waals surface area (Å²) in [5.74, 6) is 2.07. The standard InChI is InChI=1S/C19H28N2O3/c1-20(2)17-7-15-9-21(19(22)14-5-6-23-12-14)10-16(15)8-18(17)24-11-13-3-4-13/h5-6,12-13,15-18H,3-4,7-11H2,1-2H3/t15-,16+,17-,18-/m1/s1. The number of likely N-dealkylation sites (N-methyl/N-ethyl adjacent to an activating group) is 1. The third-order valence-corrected chi connectivity index (χ3v) is 6.05. The van der Waals surface area contributed by atoms with Crippen molar-refractivity contribution in [2.45, 2.75) is 37.8 Å². The van der Waals surface area contributed by atoms with Crippen LogP contribution in [0.4, 0.5) is 0 Å². The molecular weight excluding hydrogens is 304 g/mol. The summed E-state index contributed by atoms with van der Waals surface area (Å²) in [6.45, 7) is 2.65. The van der Waals surface area contributed by atoms with Gasteiger partial charge in [0.15, 0.2) is 0 Å². The number of likely N-dealkylation sites (tertiary alicyclic amines) is 1. The van der Waals surface area contributed by atoms with E-state index >= 15 is 0 Å². The lowest BCUT2D eigenvalue weighted by Crippen LogP contribution is -2.48. The van der Waals surface area contributed by atoms with Gasteiger partial charge in [0.25, 0.3) is 5.91 Å². The molecule has 0 radical (unpaired) electrons. The van der Waals surface area contributed by atoms with E-state index in [9.17, 15) is 4.79 Å². The third-order valence-electron chi connectivity index (χ3n) is 6.05. The molecule has 2 saturated carbocycles. The lowest BCUT2D eigenvalue weighted by atomic mass is 9.77. The van der Waals surface area contributed by atoms with Crippen LogP contribution in [0.5, 0.6) is 0 Å². The summed E-state index contributed by atoms with van der Waals surface area (Å²) in [5, 5.41) is 0. The van der Waals surface area contributed by atoms with Crippen molar-refractivity contribution in [3.8, 4) is 0 Å². The van der Waals surface area contributed by atoms with Crippen LogP contribution in [0.1, 0.15) is 36.0 Å². The Bertz CT molecular complexity index is 567. The molecule has 3 fully saturated rings. The van der Waals surface area contributed by atoms with Crippen molar-refractivity contribution in [2.75, 3.05) is 33.8 Å². The zero-order valence-corrected chi connectivity index (χ0v) is 14.7. The Morgan fingerprint density at radius 2 is 2.04 bits per heavy atom. The van der Waals surface area contributed by atoms with E-state index in [-0.39, 0.29) is 5.91 Å². The van der Waals surface area contributed by atoms with E-state index in [4.69, 9.17) is 9.15 Å². The molecule has 0 spiro atoms. The SMILES string of the molecule is CN(C)[C@@H]1C[C@@H]2CN(C(=O)c3ccoc3)C[C@@H]2C[C@H]1OCC1CC1. The summed E-state index contributed by atoms with van der Waals surface area (Å²) >= 11 is 0. The smallest absolute Gasteiger partial charge is 0.257 e. The first kappa shape index (κ1) is 16.2. The number of fused-ring (bicyclic) bond motifs is 1. The second-order valence-corrected chi connectivity index (χ2v) is 8.06. The van der Waals surface area contributed by atoms with Crippen molar-refractivity contribution in [2.24, 2.45) is 17.8 Å². The summed E-state index contributed by atoms with van der Waals surface area (Å²) in [4.78, 5) is 16.9. The molecule has 0 unspecified atom stereocenters. The maximum Gasteiger partial charge on any atom is 0.257 e. The van der Waals surface area contributed by atoms with E-state index in [0.717, 1.165) is 38.5 Å². The Morgan fingerprint density at radius 1 is 1.29 bits per heavy atom. The summed E-state index contributed by atoms with van der Waals surface area (Å²) < 4.78 is 11.4. The summed E-state index contributed by atoms with van der Waals surface area (Å²) in [5.41, 5.74) is 0.666. The zero-order valence-electron chi connectivity index (χ0n) is 14.7. The Morgan fingerprint density at radius 3 is 2.67 bits per heavy atom. The van der Waals surface area contributed by atoms with Gasteiger partial charge in [0.2, 0.25) is 0 Å². The first-order chi connectivity index (χ1) is 11.6. The van der Waals surface area contributed by atoms with E-state index in [1.54, 1.807) is 18.6 Å². The molecule has 2 heterocycles. The Labute approximate surface area is 143 Å². The average Bonchev–Trinajstić information content (AvgIpc) is 3.08. The van der Waals surface area contributed by atoms with E-state index in [1.165, 1.54) is 12.8 Å². The monoisotopic (exact) mass is 332 g/mol. The van der Waals surface area contributed by atoms with Crippen molar-refractivity contribution >= 4 is 5.91 Å². The summed E-state index contributed by atoms with van der Waals surface area (Å²) in [6, 6.07) is 2.23. The highest BCUT2D eigenvalue weighted by atomic mass is 16.5. The highest BCUT2D eigenvalue weighted by Crippen LogP contribution is 2.40. The van der Waals surface area contributed by atoms with Gasteiger partial charge in [-0.3, -0.25) is 4.79 Å². The van der Waals surface area contributed by atoms with Crippen LogP contribution in [-0.4, -0.2) is 61.6 Å². The predicted octanol–water partition coefficient (Wildman–Crippen LogP) is 2.49. The van der Waals surface area contributed by atoms with Crippen LogP contribution in [0.2, 0.25) is 0 Å². The van der Waals surface area contributed by atoms with Crippen molar-refractivity contribution in [3.05, 3.63) is 24.2 Å². The quantitative estimate of drug-likeness (QED) is 0.831. The van der Waals surface area contributed by atoms with Crippen LogP contribution in [0.25, 0.3) is 0 Å². The molecule has 24 heavy (non-hydrogen) atoms. The molecule has 5 nitrogen and oxygen atoms in total. The Balaban J connectivity index is 1.41. The minimum absolute atomic E-state index is 0.106. The second kappa shape index (κ2) is 6.52. The highest BCUT2D eigenvalue weighted by Gasteiger charge is 2.45. The van der Waals surface area contributed by atoms with Crippen LogP contribution in [0.3, 0.4) is 0 Å². The Kier molecular flexibility index (Phi) is 4.39. The number of carbonyl (C=O) groups excluding carboxylic acids is 1. The lowest BCUT2D eigenvalue weighted by molar-refractivity contribution is -0.0493. The number of rotatable bonds is 5. The number of nitrogens with zero attached hydrogens (tertiary/aromatic N) is 2. The van der Waals surface area contributed by atoms with Crippen LogP contribution in [0.15, 0.2) is 23.0 Å². The molecule has 2 aliphatic carbocycles. The molecular formula is C19H28N2O3. The minimum atomic E-state index is 0.106. The van der Waals surface area contributed by atoms with Gasteiger partial charge in [-0.1, -0.05) is 0 Å². The Hall–Kier alpha value is -1.33. The fourth-order valence-corrected chi connectivity index (χ4v) is 4.39. The molecule has 4 atom stereocenters. The van der Waals surface area contributed by atoms with E-state index in [1.807, 2.05) is 4.90 Å². The maximum atomic E-state index is 12.6. The van der Waals surface area contributed by atoms with Crippen molar-refractivity contribution in [1.82, 2.24) is 9.80 Å². The van der Waals surface area contributed by atoms with Crippen LogP contribution in [0, 0.1) is 17.8 Å². The molecule has 0 aromatic carbocycles. The molecule has 5 heteroatoms. The van der Waals surface area contributed by atoms with Crippen LogP contribution in [-0.2, 0) is 4.74 Å². The van der Waals surface area contributed by atoms with Gasteiger partial charge in [-0.2, -0.15) is 0 Å². The highest BCUT2D eigenvalue weighted by molar-refractivity contribution is 5.94. The van der Waals surface area contributed by atoms with Crippen LogP contribution >= 0.6 is 0 Å². The zero-order chi connectivity index (χ0) is 16.7. The maximum absolute atomic E-state index is 12.6. The molecule has 0 bridgehead atoms. The van der Waals surface area contributed by atoms with Gasteiger partial charge in [-0.05, 0) is 63.6 Å². The first-order valence-electron chi connectivity index (χ1n) is 9.21. The summed E-state index contributed by atoms with van der Waals surface area (Å²) in [7, 11) is 4.31. The molecule has 3 aliphatic rings. The normalized spacial score (nSPS) is 33.0. The fourth-order valence-electron chi connectivity index (χ4n) is 4.39. The molecule has 0 N–H and O–H groups in total. The molecule has 132 valence electrons. The van der Waals surface area contributed by atoms with Gasteiger partial charge in [0.05, 0.1) is 17.9 Å². The minimum Gasteiger partial charge on any atom is -0.472 e. The number of furan rings is 1. The fraction of sp³-hybridized carbons (Fsp3) is 0.737. The van der Waals surface area contributed by atoms with Crippen molar-refractivity contribution in [3.63, 3.8) is 0 Å². The first-order valence-corrected chi connectivity index (χ1v) is 9.21. The number of ether oxygens (including phenoxy) is 1. The molecule has 1 aliphatic heterocycles. The van der Waals surface area contributed by atoms with Gasteiger partial charge in [-0.15, -0.1) is 0 Å². The topological polar surface area (TPSA) is 45.9 Å². The molecule has 1 aromatic heterocycles. The number of amides is 1. The van der Waals surface area contributed by atoms with Gasteiger partial charge < -0.3 is 19.0 Å². The lowest BCUT2D eigenvalue weighted by Gasteiger charge is -2.41. The predicted molar refractivity (Wildman–Crippen MR) is 90.8 cm³/mol. The number of hydrogen-bond donors (Lipinski definition) is 0. The van der Waals surface area contributed by atoms with E-state index in [2.05, 4.69) is 19.0 Å². The van der Waals surface area contributed by atoms with Crippen molar-refractivity contribution < 1.29 is 13.9 Å². The van der Waals surface area contributed by atoms with Gasteiger partial charge in [0, 0.05) is 25.7 Å². The van der Waals surface area contributed by atoms with E-state index < -0.39 is 0 Å². The second-order valence-electron chi connectivity index (χ2n) is 8.06. The average molecular weight is 332 g/mol. The van der Waals surface area contributed by atoms with Crippen molar-refractivity contribution in [1.29, 1.82) is 0 Å². The summed E-state index contributed by atoms with van der Waals surface area (Å²) in [6.07, 6.45) is 8.30. The largest absolute Gasteiger partial charge is 0.472 e. The van der Waals surface area contributed by atoms with Gasteiger partial charge in [0.1, 0.15) is 6.26 Å².